The van der Waals surface area contributed by atoms with E-state index in [2.05, 4.69) is 5.32 Å². The molecule has 1 fully saturated rings. The van der Waals surface area contributed by atoms with Crippen molar-refractivity contribution in [1.82, 2.24) is 9.88 Å². The highest BCUT2D eigenvalue weighted by Gasteiger charge is 2.37. The number of nitrogens with zero attached hydrogens (tertiary/aromatic N) is 2. The Bertz CT molecular complexity index is 917. The summed E-state index contributed by atoms with van der Waals surface area (Å²) in [5, 5.41) is 2.24. The average molecular weight is 337 g/mol. The number of rotatable bonds is 2. The number of carbonyl (C=O) groups is 3. The fourth-order valence-corrected chi connectivity index (χ4v) is 2.90. The van der Waals surface area contributed by atoms with Crippen LogP contribution in [0.25, 0.3) is 6.08 Å². The van der Waals surface area contributed by atoms with E-state index in [1.807, 2.05) is 50.6 Å². The third kappa shape index (κ3) is 2.98. The fraction of sp³-hybridized carbons (Fsp3) is 0.211. The predicted octanol–water partition coefficient (Wildman–Crippen LogP) is 2.62. The Morgan fingerprint density at radius 1 is 0.960 bits per heavy atom. The highest BCUT2D eigenvalue weighted by atomic mass is 16.2. The monoisotopic (exact) mass is 337 g/mol. The number of amides is 4. The van der Waals surface area contributed by atoms with Crippen LogP contribution in [0.15, 0.2) is 35.9 Å². The Hall–Kier alpha value is -3.15. The van der Waals surface area contributed by atoms with Gasteiger partial charge in [0.15, 0.2) is 0 Å². The molecule has 1 aromatic carbocycles. The first-order valence-corrected chi connectivity index (χ1v) is 7.90. The van der Waals surface area contributed by atoms with Gasteiger partial charge >= 0.3 is 6.03 Å². The van der Waals surface area contributed by atoms with E-state index in [0.29, 0.717) is 11.4 Å². The van der Waals surface area contributed by atoms with Crippen molar-refractivity contribution in [3.63, 3.8) is 0 Å². The molecular formula is C19H19N3O3. The van der Waals surface area contributed by atoms with Crippen LogP contribution in [0.1, 0.15) is 22.5 Å². The van der Waals surface area contributed by atoms with Gasteiger partial charge in [-0.25, -0.2) is 9.69 Å². The Morgan fingerprint density at radius 3 is 2.16 bits per heavy atom. The first-order valence-electron chi connectivity index (χ1n) is 7.90. The SMILES string of the molecule is Cc1cc(C)cc(N2C(=O)NC(=O)/C(=C\c3ccc(C)n3C)C2=O)c1. The van der Waals surface area contributed by atoms with E-state index >= 15 is 0 Å². The van der Waals surface area contributed by atoms with Crippen molar-refractivity contribution in [2.45, 2.75) is 20.8 Å². The average Bonchev–Trinajstić information content (AvgIpc) is 2.82. The van der Waals surface area contributed by atoms with Crippen molar-refractivity contribution in [2.24, 2.45) is 7.05 Å². The number of urea groups is 1. The van der Waals surface area contributed by atoms with Crippen molar-refractivity contribution in [2.75, 3.05) is 4.90 Å². The maximum atomic E-state index is 12.9. The minimum absolute atomic E-state index is 0.0695. The first-order chi connectivity index (χ1) is 11.8. The van der Waals surface area contributed by atoms with Gasteiger partial charge in [0.25, 0.3) is 11.8 Å². The van der Waals surface area contributed by atoms with Crippen LogP contribution in [0.2, 0.25) is 0 Å². The normalized spacial score (nSPS) is 16.6. The number of hydrogen-bond acceptors (Lipinski definition) is 3. The molecule has 1 aromatic heterocycles. The molecule has 0 aliphatic carbocycles. The van der Waals surface area contributed by atoms with Crippen LogP contribution >= 0.6 is 0 Å². The molecule has 1 N–H and O–H groups in total. The fourth-order valence-electron chi connectivity index (χ4n) is 2.90. The van der Waals surface area contributed by atoms with Gasteiger partial charge in [0, 0.05) is 18.4 Å². The van der Waals surface area contributed by atoms with Crippen LogP contribution in [0, 0.1) is 20.8 Å². The van der Waals surface area contributed by atoms with E-state index in [4.69, 9.17) is 0 Å². The van der Waals surface area contributed by atoms with Gasteiger partial charge in [-0.15, -0.1) is 0 Å². The van der Waals surface area contributed by atoms with Gasteiger partial charge in [-0.2, -0.15) is 0 Å². The molecule has 2 aromatic rings. The molecule has 0 unspecified atom stereocenters. The lowest BCUT2D eigenvalue weighted by Gasteiger charge is -2.27. The number of aromatic nitrogens is 1. The van der Waals surface area contributed by atoms with Gasteiger partial charge in [-0.1, -0.05) is 6.07 Å². The van der Waals surface area contributed by atoms with E-state index in [1.54, 1.807) is 12.1 Å². The largest absolute Gasteiger partial charge is 0.348 e. The Kier molecular flexibility index (Phi) is 4.04. The lowest BCUT2D eigenvalue weighted by molar-refractivity contribution is -0.122. The van der Waals surface area contributed by atoms with Gasteiger partial charge in [-0.3, -0.25) is 14.9 Å². The van der Waals surface area contributed by atoms with Crippen LogP contribution in [-0.2, 0) is 16.6 Å². The molecule has 0 saturated carbocycles. The van der Waals surface area contributed by atoms with Gasteiger partial charge in [0.05, 0.1) is 5.69 Å². The van der Waals surface area contributed by atoms with E-state index < -0.39 is 17.8 Å². The lowest BCUT2D eigenvalue weighted by Crippen LogP contribution is -2.54. The second-order valence-electron chi connectivity index (χ2n) is 6.26. The molecule has 1 saturated heterocycles. The summed E-state index contributed by atoms with van der Waals surface area (Å²) in [6, 6.07) is 8.41. The topological polar surface area (TPSA) is 71.4 Å². The smallest absolute Gasteiger partial charge is 0.335 e. The van der Waals surface area contributed by atoms with E-state index in [0.717, 1.165) is 21.7 Å². The molecule has 6 heteroatoms. The van der Waals surface area contributed by atoms with Gasteiger partial charge in [0.1, 0.15) is 5.57 Å². The number of carbonyl (C=O) groups excluding carboxylic acids is 3. The van der Waals surface area contributed by atoms with Crippen LogP contribution < -0.4 is 10.2 Å². The molecule has 1 aliphatic rings. The summed E-state index contributed by atoms with van der Waals surface area (Å²) in [5.74, 6) is -1.31. The molecule has 0 spiro atoms. The van der Waals surface area contributed by atoms with Crippen molar-refractivity contribution in [3.05, 3.63) is 58.4 Å². The highest BCUT2D eigenvalue weighted by molar-refractivity contribution is 6.39. The molecular weight excluding hydrogens is 318 g/mol. The molecule has 6 nitrogen and oxygen atoms in total. The zero-order valence-corrected chi connectivity index (χ0v) is 14.6. The summed E-state index contributed by atoms with van der Waals surface area (Å²) in [4.78, 5) is 38.3. The number of aryl methyl sites for hydroxylation is 3. The maximum Gasteiger partial charge on any atom is 0.335 e. The molecule has 1 aliphatic heterocycles. The molecule has 0 bridgehead atoms. The Morgan fingerprint density at radius 2 is 1.60 bits per heavy atom. The first kappa shape index (κ1) is 16.7. The van der Waals surface area contributed by atoms with Crippen LogP contribution in [-0.4, -0.2) is 22.4 Å². The standard InChI is InChI=1S/C19H19N3O3/c1-11-7-12(2)9-15(8-11)22-18(24)16(17(23)20-19(22)25)10-14-6-5-13(3)21(14)4/h5-10H,1-4H3,(H,20,23,25)/b16-10+. The number of imide groups is 2. The van der Waals surface area contributed by atoms with E-state index in [9.17, 15) is 14.4 Å². The summed E-state index contributed by atoms with van der Waals surface area (Å²) >= 11 is 0. The molecule has 2 heterocycles. The van der Waals surface area contributed by atoms with Gasteiger partial charge < -0.3 is 4.57 Å². The van der Waals surface area contributed by atoms with Crippen molar-refractivity contribution in [3.8, 4) is 0 Å². The molecule has 25 heavy (non-hydrogen) atoms. The number of hydrogen-bond donors (Lipinski definition) is 1. The van der Waals surface area contributed by atoms with E-state index in [1.165, 1.54) is 6.08 Å². The van der Waals surface area contributed by atoms with Crippen molar-refractivity contribution in [1.29, 1.82) is 0 Å². The summed E-state index contributed by atoms with van der Waals surface area (Å²) < 4.78 is 1.87. The van der Waals surface area contributed by atoms with Gasteiger partial charge in [0.2, 0.25) is 0 Å². The second kappa shape index (κ2) is 6.05. The molecule has 0 radical (unpaired) electrons. The minimum atomic E-state index is -0.736. The summed E-state index contributed by atoms with van der Waals surface area (Å²) in [6.45, 7) is 5.70. The number of nitrogens with one attached hydrogen (secondary N) is 1. The molecule has 128 valence electrons. The molecule has 0 atom stereocenters. The summed E-state index contributed by atoms with van der Waals surface area (Å²) in [6.07, 6.45) is 1.51. The Balaban J connectivity index is 2.07. The Labute approximate surface area is 145 Å². The summed E-state index contributed by atoms with van der Waals surface area (Å²) in [5.41, 5.74) is 3.94. The maximum absolute atomic E-state index is 12.9. The number of benzene rings is 1. The predicted molar refractivity (Wildman–Crippen MR) is 95.1 cm³/mol. The van der Waals surface area contributed by atoms with Gasteiger partial charge in [-0.05, 0) is 62.2 Å². The van der Waals surface area contributed by atoms with Crippen LogP contribution in [0.3, 0.4) is 0 Å². The highest BCUT2D eigenvalue weighted by Crippen LogP contribution is 2.24. The van der Waals surface area contributed by atoms with Crippen molar-refractivity contribution < 1.29 is 14.4 Å². The van der Waals surface area contributed by atoms with Crippen LogP contribution in [0.5, 0.6) is 0 Å². The number of barbiturate groups is 1. The second-order valence-corrected chi connectivity index (χ2v) is 6.26. The zero-order valence-electron chi connectivity index (χ0n) is 14.6. The minimum Gasteiger partial charge on any atom is -0.348 e. The molecule has 3 rings (SSSR count). The zero-order chi connectivity index (χ0) is 18.3. The third-order valence-electron chi connectivity index (χ3n) is 4.27. The quantitative estimate of drug-likeness (QED) is 0.676. The molecule has 4 amide bonds. The van der Waals surface area contributed by atoms with Crippen LogP contribution in [0.4, 0.5) is 10.5 Å². The van der Waals surface area contributed by atoms with Crippen molar-refractivity contribution >= 4 is 29.6 Å². The van der Waals surface area contributed by atoms with E-state index in [-0.39, 0.29) is 5.57 Å². The summed E-state index contributed by atoms with van der Waals surface area (Å²) in [7, 11) is 1.85. The number of anilines is 1. The lowest BCUT2D eigenvalue weighted by atomic mass is 10.1. The third-order valence-corrected chi connectivity index (χ3v) is 4.27.